The summed E-state index contributed by atoms with van der Waals surface area (Å²) in [6.07, 6.45) is 4.98. The maximum absolute atomic E-state index is 5.63. The standard InChI is InChI=1S/C9H14N4S/c1-14-8-2-4-11-9(12-8)13-5-3-7(13)6-10/h2,4,7H,3,5-6,10H2,1H3. The van der Waals surface area contributed by atoms with Gasteiger partial charge in [0.05, 0.1) is 0 Å². The molecular weight excluding hydrogens is 196 g/mol. The highest BCUT2D eigenvalue weighted by atomic mass is 32.2. The number of anilines is 1. The van der Waals surface area contributed by atoms with E-state index in [9.17, 15) is 0 Å². The van der Waals surface area contributed by atoms with Crippen LogP contribution in [0.4, 0.5) is 5.95 Å². The third-order valence-electron chi connectivity index (χ3n) is 2.50. The number of aromatic nitrogens is 2. The van der Waals surface area contributed by atoms with Gasteiger partial charge in [-0.2, -0.15) is 0 Å². The molecule has 1 unspecified atom stereocenters. The smallest absolute Gasteiger partial charge is 0.226 e. The predicted molar refractivity (Wildman–Crippen MR) is 58.6 cm³/mol. The van der Waals surface area contributed by atoms with Crippen molar-refractivity contribution in [3.63, 3.8) is 0 Å². The highest BCUT2D eigenvalue weighted by Gasteiger charge is 2.28. The zero-order valence-electron chi connectivity index (χ0n) is 8.18. The van der Waals surface area contributed by atoms with E-state index in [0.717, 1.165) is 23.9 Å². The molecule has 0 aromatic carbocycles. The van der Waals surface area contributed by atoms with Gasteiger partial charge in [-0.05, 0) is 18.7 Å². The van der Waals surface area contributed by atoms with E-state index in [1.807, 2.05) is 12.3 Å². The molecule has 1 aromatic heterocycles. The van der Waals surface area contributed by atoms with Crippen LogP contribution in [-0.4, -0.2) is 35.4 Å². The summed E-state index contributed by atoms with van der Waals surface area (Å²) in [6, 6.07) is 2.36. The van der Waals surface area contributed by atoms with Crippen LogP contribution in [-0.2, 0) is 0 Å². The van der Waals surface area contributed by atoms with Crippen molar-refractivity contribution >= 4 is 17.7 Å². The van der Waals surface area contributed by atoms with Gasteiger partial charge < -0.3 is 10.6 Å². The van der Waals surface area contributed by atoms with E-state index in [1.54, 1.807) is 18.0 Å². The molecule has 2 rings (SSSR count). The average molecular weight is 210 g/mol. The summed E-state index contributed by atoms with van der Waals surface area (Å²) in [5, 5.41) is 1.01. The van der Waals surface area contributed by atoms with Crippen molar-refractivity contribution in [3.05, 3.63) is 12.3 Å². The minimum absolute atomic E-state index is 0.437. The Morgan fingerprint density at radius 1 is 1.71 bits per heavy atom. The van der Waals surface area contributed by atoms with E-state index in [2.05, 4.69) is 14.9 Å². The van der Waals surface area contributed by atoms with Crippen molar-refractivity contribution in [2.24, 2.45) is 5.73 Å². The molecule has 0 saturated carbocycles. The topological polar surface area (TPSA) is 55.0 Å². The second-order valence-corrected chi connectivity index (χ2v) is 4.10. The van der Waals surface area contributed by atoms with Crippen molar-refractivity contribution in [3.8, 4) is 0 Å². The summed E-state index contributed by atoms with van der Waals surface area (Å²) in [4.78, 5) is 10.9. The Kier molecular flexibility index (Phi) is 2.88. The van der Waals surface area contributed by atoms with Crippen LogP contribution in [0.1, 0.15) is 6.42 Å². The van der Waals surface area contributed by atoms with Gasteiger partial charge in [-0.15, -0.1) is 11.8 Å². The Bertz CT molecular complexity index is 315. The predicted octanol–water partition coefficient (Wildman–Crippen LogP) is 0.736. The van der Waals surface area contributed by atoms with Crippen molar-refractivity contribution in [2.45, 2.75) is 17.5 Å². The largest absolute Gasteiger partial charge is 0.336 e. The molecular formula is C9H14N4S. The summed E-state index contributed by atoms with van der Waals surface area (Å²) in [5.41, 5.74) is 5.63. The lowest BCUT2D eigenvalue weighted by Gasteiger charge is -2.40. The third kappa shape index (κ3) is 1.69. The lowest BCUT2D eigenvalue weighted by atomic mass is 10.0. The van der Waals surface area contributed by atoms with Gasteiger partial charge in [0.1, 0.15) is 5.03 Å². The van der Waals surface area contributed by atoms with Gasteiger partial charge >= 0.3 is 0 Å². The minimum atomic E-state index is 0.437. The van der Waals surface area contributed by atoms with E-state index in [1.165, 1.54) is 0 Å². The van der Waals surface area contributed by atoms with E-state index < -0.39 is 0 Å². The number of thioether (sulfide) groups is 1. The maximum atomic E-state index is 5.63. The minimum Gasteiger partial charge on any atom is -0.336 e. The van der Waals surface area contributed by atoms with Gasteiger partial charge in [0.2, 0.25) is 5.95 Å². The molecule has 5 heteroatoms. The molecule has 0 amide bonds. The molecule has 2 heterocycles. The number of nitrogens with two attached hydrogens (primary N) is 1. The molecule has 1 aromatic rings. The number of rotatable bonds is 3. The van der Waals surface area contributed by atoms with Crippen molar-refractivity contribution in [1.82, 2.24) is 9.97 Å². The Hall–Kier alpha value is -0.810. The fourth-order valence-corrected chi connectivity index (χ4v) is 1.90. The fraction of sp³-hybridized carbons (Fsp3) is 0.556. The number of hydrogen-bond donors (Lipinski definition) is 1. The molecule has 1 atom stereocenters. The first-order valence-electron chi connectivity index (χ1n) is 4.69. The molecule has 0 aliphatic carbocycles. The number of nitrogens with zero attached hydrogens (tertiary/aromatic N) is 3. The Labute approximate surface area is 87.9 Å². The molecule has 4 nitrogen and oxygen atoms in total. The SMILES string of the molecule is CSc1ccnc(N2CCC2CN)n1. The van der Waals surface area contributed by atoms with E-state index in [4.69, 9.17) is 5.73 Å². The second kappa shape index (κ2) is 4.14. The Balaban J connectivity index is 2.15. The molecule has 1 fully saturated rings. The highest BCUT2D eigenvalue weighted by Crippen LogP contribution is 2.23. The van der Waals surface area contributed by atoms with E-state index in [-0.39, 0.29) is 0 Å². The highest BCUT2D eigenvalue weighted by molar-refractivity contribution is 7.98. The van der Waals surface area contributed by atoms with Crippen molar-refractivity contribution in [1.29, 1.82) is 0 Å². The van der Waals surface area contributed by atoms with Crippen LogP contribution in [0.2, 0.25) is 0 Å². The second-order valence-electron chi connectivity index (χ2n) is 3.27. The lowest BCUT2D eigenvalue weighted by Crippen LogP contribution is -2.52. The van der Waals surface area contributed by atoms with E-state index in [0.29, 0.717) is 12.6 Å². The Morgan fingerprint density at radius 3 is 3.14 bits per heavy atom. The summed E-state index contributed by atoms with van der Waals surface area (Å²) in [6.45, 7) is 1.71. The zero-order valence-corrected chi connectivity index (χ0v) is 9.00. The van der Waals surface area contributed by atoms with Crippen LogP contribution in [0.15, 0.2) is 17.3 Å². The molecule has 76 valence electrons. The molecule has 2 N–H and O–H groups in total. The van der Waals surface area contributed by atoms with Crippen LogP contribution >= 0.6 is 11.8 Å². The normalized spacial score (nSPS) is 20.7. The van der Waals surface area contributed by atoms with Gasteiger partial charge in [0, 0.05) is 25.3 Å². The third-order valence-corrected chi connectivity index (χ3v) is 3.15. The summed E-state index contributed by atoms with van der Waals surface area (Å²) >= 11 is 1.63. The quantitative estimate of drug-likeness (QED) is 0.589. The van der Waals surface area contributed by atoms with E-state index >= 15 is 0 Å². The fourth-order valence-electron chi connectivity index (χ4n) is 1.53. The zero-order chi connectivity index (χ0) is 9.97. The first-order chi connectivity index (χ1) is 6.85. The van der Waals surface area contributed by atoms with Gasteiger partial charge in [-0.25, -0.2) is 9.97 Å². The van der Waals surface area contributed by atoms with Crippen molar-refractivity contribution < 1.29 is 0 Å². The summed E-state index contributed by atoms with van der Waals surface area (Å²) in [5.74, 6) is 0.818. The van der Waals surface area contributed by atoms with Gasteiger partial charge in [-0.3, -0.25) is 0 Å². The summed E-state index contributed by atoms with van der Waals surface area (Å²) < 4.78 is 0. The Morgan fingerprint density at radius 2 is 2.57 bits per heavy atom. The van der Waals surface area contributed by atoms with Crippen LogP contribution in [0.3, 0.4) is 0 Å². The average Bonchev–Trinajstić information content (AvgIpc) is 2.17. The molecule has 1 aliphatic heterocycles. The van der Waals surface area contributed by atoms with Crippen LogP contribution in [0, 0.1) is 0 Å². The maximum Gasteiger partial charge on any atom is 0.226 e. The molecule has 1 aliphatic rings. The van der Waals surface area contributed by atoms with Crippen LogP contribution < -0.4 is 10.6 Å². The van der Waals surface area contributed by atoms with Crippen LogP contribution in [0.5, 0.6) is 0 Å². The van der Waals surface area contributed by atoms with Gasteiger partial charge in [0.25, 0.3) is 0 Å². The lowest BCUT2D eigenvalue weighted by molar-refractivity contribution is 0.445. The summed E-state index contributed by atoms with van der Waals surface area (Å²) in [7, 11) is 0. The van der Waals surface area contributed by atoms with Gasteiger partial charge in [-0.1, -0.05) is 0 Å². The number of hydrogen-bond acceptors (Lipinski definition) is 5. The molecule has 0 spiro atoms. The van der Waals surface area contributed by atoms with Crippen molar-refractivity contribution in [2.75, 3.05) is 24.2 Å². The molecule has 0 bridgehead atoms. The van der Waals surface area contributed by atoms with Crippen LogP contribution in [0.25, 0.3) is 0 Å². The first-order valence-corrected chi connectivity index (χ1v) is 5.91. The monoisotopic (exact) mass is 210 g/mol. The first kappa shape index (κ1) is 9.73. The molecule has 1 saturated heterocycles. The molecule has 14 heavy (non-hydrogen) atoms. The van der Waals surface area contributed by atoms with Gasteiger partial charge in [0.15, 0.2) is 0 Å². The molecule has 0 radical (unpaired) electrons.